The van der Waals surface area contributed by atoms with Gasteiger partial charge in [0.25, 0.3) is 0 Å². The summed E-state index contributed by atoms with van der Waals surface area (Å²) < 4.78 is 7.95. The molecule has 0 saturated heterocycles. The van der Waals surface area contributed by atoms with Gasteiger partial charge in [-0.25, -0.2) is 9.78 Å². The molecule has 3 rings (SSSR count). The molecule has 3 aromatic rings. The Hall–Kier alpha value is -2.24. The number of nitrogens with one attached hydrogen (secondary N) is 1. The number of nitrogens with zero attached hydrogens (tertiary/aromatic N) is 4. The number of benzene rings is 1. The number of aryl methyl sites for hydroxylation is 1. The summed E-state index contributed by atoms with van der Waals surface area (Å²) in [7, 11) is 0. The van der Waals surface area contributed by atoms with E-state index < -0.39 is 5.97 Å². The Bertz CT molecular complexity index is 1050. The fraction of sp³-hybridized carbons (Fsp3) is 0.316. The number of esters is 1. The van der Waals surface area contributed by atoms with E-state index in [4.69, 9.17) is 4.74 Å². The minimum Gasteiger partial charge on any atom is -0.462 e. The lowest BCUT2D eigenvalue weighted by molar-refractivity contribution is -0.113. The van der Waals surface area contributed by atoms with Crippen molar-refractivity contribution in [3.8, 4) is 11.4 Å². The van der Waals surface area contributed by atoms with Gasteiger partial charge in [-0.3, -0.25) is 4.79 Å². The van der Waals surface area contributed by atoms with E-state index in [-0.39, 0.29) is 18.3 Å². The molecule has 0 aliphatic carbocycles. The third-order valence-electron chi connectivity index (χ3n) is 3.97. The topological polar surface area (TPSA) is 99.0 Å². The zero-order valence-corrected chi connectivity index (χ0v) is 19.9. The number of amides is 1. The van der Waals surface area contributed by atoms with E-state index in [9.17, 15) is 9.59 Å². The number of carbonyl (C=O) groups is 2. The number of thioether (sulfide) groups is 1. The fourth-order valence-corrected chi connectivity index (χ4v) is 4.56. The molecule has 2 aromatic heterocycles. The number of ether oxygens (including phenoxy) is 1. The van der Waals surface area contributed by atoms with Crippen molar-refractivity contribution in [1.29, 1.82) is 0 Å². The summed E-state index contributed by atoms with van der Waals surface area (Å²) in [5.74, 6) is 0.229. The van der Waals surface area contributed by atoms with E-state index in [2.05, 4.69) is 36.4 Å². The number of anilines is 1. The standard InChI is InChI=1S/C19H20BrN5O3S2/c1-4-25-16(12-6-8-13(20)9-7-12)23-24-19(25)29-10-14(26)22-18-21-11(3)15(30-18)17(27)28-5-2/h6-9H,4-5,10H2,1-3H3,(H,21,22,26). The third-order valence-corrected chi connectivity index (χ3v) is 6.52. The van der Waals surface area contributed by atoms with Gasteiger partial charge >= 0.3 is 5.97 Å². The predicted molar refractivity (Wildman–Crippen MR) is 121 cm³/mol. The van der Waals surface area contributed by atoms with Crippen molar-refractivity contribution in [2.45, 2.75) is 32.5 Å². The van der Waals surface area contributed by atoms with Crippen LogP contribution in [0, 0.1) is 6.92 Å². The second-order valence-electron chi connectivity index (χ2n) is 6.05. The van der Waals surface area contributed by atoms with E-state index in [0.29, 0.717) is 27.4 Å². The van der Waals surface area contributed by atoms with E-state index in [1.807, 2.05) is 35.8 Å². The molecule has 158 valence electrons. The monoisotopic (exact) mass is 509 g/mol. The quantitative estimate of drug-likeness (QED) is 0.354. The molecule has 0 bridgehead atoms. The van der Waals surface area contributed by atoms with Crippen LogP contribution in [0.1, 0.15) is 29.2 Å². The Morgan fingerprint density at radius 3 is 2.63 bits per heavy atom. The first kappa shape index (κ1) is 22.4. The zero-order valence-electron chi connectivity index (χ0n) is 16.6. The molecule has 11 heteroatoms. The van der Waals surface area contributed by atoms with Crippen LogP contribution < -0.4 is 5.32 Å². The number of aromatic nitrogens is 4. The molecule has 0 saturated carbocycles. The second-order valence-corrected chi connectivity index (χ2v) is 8.91. The van der Waals surface area contributed by atoms with Crippen molar-refractivity contribution < 1.29 is 14.3 Å². The number of thiazole rings is 1. The van der Waals surface area contributed by atoms with E-state index in [1.165, 1.54) is 11.8 Å². The summed E-state index contributed by atoms with van der Waals surface area (Å²) in [6, 6.07) is 7.83. The second kappa shape index (κ2) is 10.2. The number of carbonyl (C=O) groups excluding carboxylic acids is 2. The van der Waals surface area contributed by atoms with Gasteiger partial charge in [0, 0.05) is 16.6 Å². The average Bonchev–Trinajstić information content (AvgIpc) is 3.30. The number of rotatable bonds is 8. The Labute approximate surface area is 190 Å². The van der Waals surface area contributed by atoms with E-state index in [1.54, 1.807) is 13.8 Å². The van der Waals surface area contributed by atoms with Gasteiger partial charge < -0.3 is 14.6 Å². The summed E-state index contributed by atoms with van der Waals surface area (Å²) in [6.07, 6.45) is 0. The van der Waals surface area contributed by atoms with Crippen LogP contribution >= 0.6 is 39.0 Å². The van der Waals surface area contributed by atoms with Gasteiger partial charge in [-0.1, -0.05) is 51.2 Å². The summed E-state index contributed by atoms with van der Waals surface area (Å²) in [6.45, 7) is 6.42. The van der Waals surface area contributed by atoms with Crippen LogP contribution in [0.25, 0.3) is 11.4 Å². The SMILES string of the molecule is CCOC(=O)c1sc(NC(=O)CSc2nnc(-c3ccc(Br)cc3)n2CC)nc1C. The molecule has 0 atom stereocenters. The molecule has 0 spiro atoms. The molecule has 0 unspecified atom stereocenters. The number of hydrogen-bond acceptors (Lipinski definition) is 8. The predicted octanol–water partition coefficient (Wildman–Crippen LogP) is 4.40. The molecule has 2 heterocycles. The zero-order chi connectivity index (χ0) is 21.7. The van der Waals surface area contributed by atoms with Crippen LogP contribution in [0.4, 0.5) is 5.13 Å². The average molecular weight is 510 g/mol. The number of halogens is 1. The van der Waals surface area contributed by atoms with Gasteiger partial charge in [-0.15, -0.1) is 10.2 Å². The smallest absolute Gasteiger partial charge is 0.350 e. The highest BCUT2D eigenvalue weighted by molar-refractivity contribution is 9.10. The van der Waals surface area contributed by atoms with E-state index in [0.717, 1.165) is 27.2 Å². The molecule has 0 aliphatic heterocycles. The first-order valence-electron chi connectivity index (χ1n) is 9.19. The maximum atomic E-state index is 12.4. The van der Waals surface area contributed by atoms with Gasteiger partial charge in [0.05, 0.1) is 18.1 Å². The molecule has 1 aromatic carbocycles. The highest BCUT2D eigenvalue weighted by atomic mass is 79.9. The first-order chi connectivity index (χ1) is 14.4. The van der Waals surface area contributed by atoms with E-state index >= 15 is 0 Å². The Balaban J connectivity index is 1.65. The molecule has 0 fully saturated rings. The van der Waals surface area contributed by atoms with Gasteiger partial charge in [-0.05, 0) is 32.9 Å². The van der Waals surface area contributed by atoms with Crippen molar-refractivity contribution >= 4 is 56.0 Å². The van der Waals surface area contributed by atoms with Crippen LogP contribution in [-0.4, -0.2) is 44.0 Å². The molecule has 1 amide bonds. The fourth-order valence-electron chi connectivity index (χ4n) is 2.61. The van der Waals surface area contributed by atoms with Crippen molar-refractivity contribution in [2.24, 2.45) is 0 Å². The molecule has 0 aliphatic rings. The van der Waals surface area contributed by atoms with Crippen molar-refractivity contribution in [1.82, 2.24) is 19.7 Å². The van der Waals surface area contributed by atoms with Crippen LogP contribution in [0.3, 0.4) is 0 Å². The normalized spacial score (nSPS) is 10.8. The highest BCUT2D eigenvalue weighted by Crippen LogP contribution is 2.26. The molecular formula is C19H20BrN5O3S2. The molecule has 30 heavy (non-hydrogen) atoms. The van der Waals surface area contributed by atoms with Crippen molar-refractivity contribution in [3.63, 3.8) is 0 Å². The Morgan fingerprint density at radius 1 is 1.23 bits per heavy atom. The summed E-state index contributed by atoms with van der Waals surface area (Å²) in [5.41, 5.74) is 1.49. The Kier molecular flexibility index (Phi) is 7.62. The maximum Gasteiger partial charge on any atom is 0.350 e. The minimum absolute atomic E-state index is 0.145. The molecule has 0 radical (unpaired) electrons. The van der Waals surface area contributed by atoms with Gasteiger partial charge in [0.1, 0.15) is 4.88 Å². The lowest BCUT2D eigenvalue weighted by Crippen LogP contribution is -2.14. The van der Waals surface area contributed by atoms with Crippen LogP contribution in [0.15, 0.2) is 33.9 Å². The molecule has 1 N–H and O–H groups in total. The van der Waals surface area contributed by atoms with Crippen molar-refractivity contribution in [2.75, 3.05) is 17.7 Å². The van der Waals surface area contributed by atoms with Gasteiger partial charge in [-0.2, -0.15) is 0 Å². The maximum absolute atomic E-state index is 12.4. The van der Waals surface area contributed by atoms with Crippen LogP contribution in [0.5, 0.6) is 0 Å². The Morgan fingerprint density at radius 2 is 1.97 bits per heavy atom. The molecular weight excluding hydrogens is 490 g/mol. The van der Waals surface area contributed by atoms with Crippen LogP contribution in [0.2, 0.25) is 0 Å². The summed E-state index contributed by atoms with van der Waals surface area (Å²) in [4.78, 5) is 28.9. The third kappa shape index (κ3) is 5.27. The largest absolute Gasteiger partial charge is 0.462 e. The van der Waals surface area contributed by atoms with Crippen LogP contribution in [-0.2, 0) is 16.1 Å². The summed E-state index contributed by atoms with van der Waals surface area (Å²) in [5, 5.41) is 12.3. The van der Waals surface area contributed by atoms with Crippen molar-refractivity contribution in [3.05, 3.63) is 39.3 Å². The first-order valence-corrected chi connectivity index (χ1v) is 11.8. The summed E-state index contributed by atoms with van der Waals surface area (Å²) >= 11 is 5.83. The van der Waals surface area contributed by atoms with Gasteiger partial charge in [0.15, 0.2) is 16.1 Å². The number of hydrogen-bond donors (Lipinski definition) is 1. The lowest BCUT2D eigenvalue weighted by Gasteiger charge is -2.07. The van der Waals surface area contributed by atoms with Gasteiger partial charge in [0.2, 0.25) is 5.91 Å². The minimum atomic E-state index is -0.432. The molecule has 8 nitrogen and oxygen atoms in total. The highest BCUT2D eigenvalue weighted by Gasteiger charge is 2.19. The lowest BCUT2D eigenvalue weighted by atomic mass is 10.2.